The molecule has 0 spiro atoms. The van der Waals surface area contributed by atoms with E-state index in [2.05, 4.69) is 0 Å². The van der Waals surface area contributed by atoms with Crippen LogP contribution in [-0.4, -0.2) is 38.0 Å². The van der Waals surface area contributed by atoms with Crippen LogP contribution in [0.3, 0.4) is 0 Å². The van der Waals surface area contributed by atoms with Crippen molar-refractivity contribution >= 4 is 15.8 Å². The third-order valence-electron chi connectivity index (χ3n) is 3.09. The lowest BCUT2D eigenvalue weighted by Crippen LogP contribution is -2.22. The van der Waals surface area contributed by atoms with Crippen LogP contribution in [0, 0.1) is 0 Å². The van der Waals surface area contributed by atoms with Gasteiger partial charge in [-0.05, 0) is 24.5 Å². The third-order valence-corrected chi connectivity index (χ3v) is 4.72. The van der Waals surface area contributed by atoms with Gasteiger partial charge >= 0.3 is 5.97 Å². The van der Waals surface area contributed by atoms with E-state index in [0.717, 1.165) is 12.8 Å². The van der Waals surface area contributed by atoms with Gasteiger partial charge in [0.05, 0.1) is 23.2 Å². The molecule has 0 radical (unpaired) electrons. The lowest BCUT2D eigenvalue weighted by atomic mass is 10.1. The lowest BCUT2D eigenvalue weighted by molar-refractivity contribution is 0.0696. The van der Waals surface area contributed by atoms with E-state index in [1.54, 1.807) is 12.1 Å². The predicted molar refractivity (Wildman–Crippen MR) is 69.9 cm³/mol. The summed E-state index contributed by atoms with van der Waals surface area (Å²) in [5, 5.41) is 9.03. The van der Waals surface area contributed by atoms with Crippen LogP contribution in [0.5, 0.6) is 0 Å². The molecule has 5 nitrogen and oxygen atoms in total. The number of sulfone groups is 1. The first kappa shape index (κ1) is 14.0. The molecule has 1 aromatic carbocycles. The molecule has 0 aromatic heterocycles. The average molecular weight is 284 g/mol. The van der Waals surface area contributed by atoms with Crippen LogP contribution >= 0.6 is 0 Å². The van der Waals surface area contributed by atoms with Crippen molar-refractivity contribution in [2.24, 2.45) is 0 Å². The van der Waals surface area contributed by atoms with Crippen LogP contribution in [0.2, 0.25) is 0 Å². The molecule has 19 heavy (non-hydrogen) atoms. The number of ether oxygens (including phenoxy) is 1. The van der Waals surface area contributed by atoms with Gasteiger partial charge in [-0.3, -0.25) is 0 Å². The maximum absolute atomic E-state index is 12.1. The second-order valence-electron chi connectivity index (χ2n) is 4.65. The fraction of sp³-hybridized carbons (Fsp3) is 0.462. The molecule has 1 saturated heterocycles. The van der Waals surface area contributed by atoms with Gasteiger partial charge in [0.15, 0.2) is 9.84 Å². The summed E-state index contributed by atoms with van der Waals surface area (Å²) in [4.78, 5) is 11.0. The summed E-state index contributed by atoms with van der Waals surface area (Å²) in [7, 11) is -3.36. The van der Waals surface area contributed by atoms with Crippen molar-refractivity contribution in [2.75, 3.05) is 12.4 Å². The van der Waals surface area contributed by atoms with Crippen LogP contribution in [0.15, 0.2) is 24.3 Å². The van der Waals surface area contributed by atoms with Crippen molar-refractivity contribution in [1.82, 2.24) is 0 Å². The highest BCUT2D eigenvalue weighted by Crippen LogP contribution is 2.18. The van der Waals surface area contributed by atoms with Crippen molar-refractivity contribution in [1.29, 1.82) is 0 Å². The van der Waals surface area contributed by atoms with E-state index in [9.17, 15) is 13.2 Å². The van der Waals surface area contributed by atoms with Crippen LogP contribution < -0.4 is 0 Å². The highest BCUT2D eigenvalue weighted by molar-refractivity contribution is 7.90. The van der Waals surface area contributed by atoms with Crippen molar-refractivity contribution < 1.29 is 23.1 Å². The van der Waals surface area contributed by atoms with Crippen molar-refractivity contribution in [3.8, 4) is 0 Å². The second-order valence-corrected chi connectivity index (χ2v) is 6.76. The van der Waals surface area contributed by atoms with Gasteiger partial charge in [-0.15, -0.1) is 0 Å². The quantitative estimate of drug-likeness (QED) is 0.885. The van der Waals surface area contributed by atoms with Gasteiger partial charge in [0, 0.05) is 6.61 Å². The van der Waals surface area contributed by atoms with Gasteiger partial charge < -0.3 is 9.84 Å². The minimum absolute atomic E-state index is 0.0402. The zero-order chi connectivity index (χ0) is 13.9. The molecule has 6 heteroatoms. The summed E-state index contributed by atoms with van der Waals surface area (Å²) in [6.07, 6.45) is 1.38. The first-order valence-electron chi connectivity index (χ1n) is 6.11. The van der Waals surface area contributed by atoms with E-state index in [1.807, 2.05) is 0 Å². The number of carbonyl (C=O) groups is 1. The van der Waals surface area contributed by atoms with Crippen LogP contribution in [-0.2, 0) is 20.3 Å². The van der Waals surface area contributed by atoms with E-state index in [4.69, 9.17) is 9.84 Å². The summed E-state index contributed by atoms with van der Waals surface area (Å²) in [5.41, 5.74) is 0.367. The monoisotopic (exact) mass is 284 g/mol. The molecule has 0 bridgehead atoms. The molecule has 0 aliphatic carbocycles. The van der Waals surface area contributed by atoms with Gasteiger partial charge in [0.1, 0.15) is 0 Å². The molecule has 1 fully saturated rings. The molecular weight excluding hydrogens is 268 g/mol. The third kappa shape index (κ3) is 3.78. The minimum Gasteiger partial charge on any atom is -0.478 e. The van der Waals surface area contributed by atoms with Gasteiger partial charge in [0.2, 0.25) is 0 Å². The van der Waals surface area contributed by atoms with Crippen LogP contribution in [0.1, 0.15) is 28.8 Å². The molecule has 104 valence electrons. The zero-order valence-electron chi connectivity index (χ0n) is 10.4. The topological polar surface area (TPSA) is 80.7 Å². The Kier molecular flexibility index (Phi) is 4.21. The largest absolute Gasteiger partial charge is 0.478 e. The Hall–Kier alpha value is -1.40. The second kappa shape index (κ2) is 5.71. The molecule has 2 rings (SSSR count). The number of rotatable bonds is 5. The molecule has 1 aliphatic rings. The maximum atomic E-state index is 12.1. The molecule has 0 saturated carbocycles. The number of carboxylic acid groups (broad SMARTS) is 1. The molecule has 1 aromatic rings. The predicted octanol–water partition coefficient (Wildman–Crippen LogP) is 1.48. The maximum Gasteiger partial charge on any atom is 0.335 e. The zero-order valence-corrected chi connectivity index (χ0v) is 11.2. The van der Waals surface area contributed by atoms with E-state index in [0.29, 0.717) is 12.2 Å². The molecule has 1 N–H and O–H groups in total. The van der Waals surface area contributed by atoms with E-state index >= 15 is 0 Å². The Morgan fingerprint density at radius 2 is 2.11 bits per heavy atom. The first-order valence-corrected chi connectivity index (χ1v) is 7.93. The van der Waals surface area contributed by atoms with E-state index in [1.165, 1.54) is 12.1 Å². The number of hydrogen-bond acceptors (Lipinski definition) is 4. The Morgan fingerprint density at radius 3 is 2.74 bits per heavy atom. The average Bonchev–Trinajstić information content (AvgIpc) is 2.80. The summed E-state index contributed by atoms with van der Waals surface area (Å²) in [6.45, 7) is 0.603. The highest BCUT2D eigenvalue weighted by Gasteiger charge is 2.24. The number of carboxylic acids is 1. The summed E-state index contributed by atoms with van der Waals surface area (Å²) in [5.74, 6) is -1.40. The molecule has 1 aliphatic heterocycles. The minimum atomic E-state index is -3.36. The van der Waals surface area contributed by atoms with Crippen molar-refractivity contribution in [3.05, 3.63) is 35.4 Å². The van der Waals surface area contributed by atoms with Crippen molar-refractivity contribution in [2.45, 2.75) is 24.7 Å². The Balaban J connectivity index is 2.13. The number of hydrogen-bond donors (Lipinski definition) is 1. The van der Waals surface area contributed by atoms with Crippen LogP contribution in [0.25, 0.3) is 0 Å². The fourth-order valence-corrected chi connectivity index (χ4v) is 3.88. The molecule has 1 atom stereocenters. The van der Waals surface area contributed by atoms with Gasteiger partial charge in [0.25, 0.3) is 0 Å². The van der Waals surface area contributed by atoms with Gasteiger partial charge in [-0.25, -0.2) is 13.2 Å². The molecular formula is C13H16O5S. The number of benzene rings is 1. The summed E-state index contributed by atoms with van der Waals surface area (Å²) in [6, 6.07) is 6.18. The van der Waals surface area contributed by atoms with Crippen molar-refractivity contribution in [3.63, 3.8) is 0 Å². The Morgan fingerprint density at radius 1 is 1.37 bits per heavy atom. The summed E-state index contributed by atoms with van der Waals surface area (Å²) < 4.78 is 29.4. The molecule has 1 unspecified atom stereocenters. The lowest BCUT2D eigenvalue weighted by Gasteiger charge is -2.11. The van der Waals surface area contributed by atoms with Crippen LogP contribution in [0.4, 0.5) is 0 Å². The van der Waals surface area contributed by atoms with Gasteiger partial charge in [-0.1, -0.05) is 18.2 Å². The SMILES string of the molecule is O=C(O)c1ccccc1CS(=O)(=O)CC1CCCO1. The molecule has 1 heterocycles. The van der Waals surface area contributed by atoms with E-state index < -0.39 is 15.8 Å². The molecule has 0 amide bonds. The smallest absolute Gasteiger partial charge is 0.335 e. The van der Waals surface area contributed by atoms with E-state index in [-0.39, 0.29) is 23.2 Å². The highest BCUT2D eigenvalue weighted by atomic mass is 32.2. The first-order chi connectivity index (χ1) is 8.98. The number of aromatic carboxylic acids is 1. The normalized spacial score (nSPS) is 19.5. The Labute approximate surface area is 112 Å². The summed E-state index contributed by atoms with van der Waals surface area (Å²) >= 11 is 0. The standard InChI is InChI=1S/C13H16O5S/c14-13(15)12-6-2-1-4-10(12)8-19(16,17)9-11-5-3-7-18-11/h1-2,4,6,11H,3,5,7-9H2,(H,14,15). The van der Waals surface area contributed by atoms with Gasteiger partial charge in [-0.2, -0.15) is 0 Å². The fourth-order valence-electron chi connectivity index (χ4n) is 2.21. The Bertz CT molecular complexity index is 558.